The summed E-state index contributed by atoms with van der Waals surface area (Å²) in [6.07, 6.45) is 0. The molecule has 4 heteroatoms. The van der Waals surface area contributed by atoms with Crippen LogP contribution in [0, 0.1) is 6.92 Å². The zero-order valence-corrected chi connectivity index (χ0v) is 11.9. The number of hydrogen-bond donors (Lipinski definition) is 1. The van der Waals surface area contributed by atoms with Crippen LogP contribution >= 0.6 is 0 Å². The lowest BCUT2D eigenvalue weighted by molar-refractivity contribution is 0.682. The Labute approximate surface area is 122 Å². The average Bonchev–Trinajstić information content (AvgIpc) is 2.51. The first-order valence-corrected chi connectivity index (χ1v) is 6.97. The second-order valence-electron chi connectivity index (χ2n) is 5.06. The molecule has 2 aromatic carbocycles. The molecule has 2 N–H and O–H groups in total. The minimum Gasteiger partial charge on any atom is -0.329 e. The van der Waals surface area contributed by atoms with Crippen molar-refractivity contribution < 1.29 is 0 Å². The maximum absolute atomic E-state index is 12.6. The van der Waals surface area contributed by atoms with Gasteiger partial charge in [-0.1, -0.05) is 42.0 Å². The largest absolute Gasteiger partial charge is 0.329 e. The third kappa shape index (κ3) is 2.45. The first-order chi connectivity index (χ1) is 10.2. The SMILES string of the molecule is Cc1ccc(-c2nc3ccccc3c(=O)n2CCN)cc1. The van der Waals surface area contributed by atoms with E-state index in [4.69, 9.17) is 5.73 Å². The van der Waals surface area contributed by atoms with Crippen LogP contribution in [0.5, 0.6) is 0 Å². The van der Waals surface area contributed by atoms with Gasteiger partial charge in [0.25, 0.3) is 5.56 Å². The van der Waals surface area contributed by atoms with E-state index in [2.05, 4.69) is 4.98 Å². The Morgan fingerprint density at radius 1 is 1.10 bits per heavy atom. The van der Waals surface area contributed by atoms with Crippen LogP contribution in [0.4, 0.5) is 0 Å². The van der Waals surface area contributed by atoms with Gasteiger partial charge in [0.2, 0.25) is 0 Å². The molecule has 4 nitrogen and oxygen atoms in total. The number of para-hydroxylation sites is 1. The summed E-state index contributed by atoms with van der Waals surface area (Å²) in [6.45, 7) is 2.89. The van der Waals surface area contributed by atoms with Gasteiger partial charge in [-0.25, -0.2) is 4.98 Å². The van der Waals surface area contributed by atoms with Crippen molar-refractivity contribution >= 4 is 10.9 Å². The second kappa shape index (κ2) is 5.50. The third-order valence-electron chi connectivity index (χ3n) is 3.52. The molecule has 0 bridgehead atoms. The van der Waals surface area contributed by atoms with Crippen molar-refractivity contribution in [2.75, 3.05) is 6.54 Å². The number of aromatic nitrogens is 2. The molecule has 0 amide bonds. The average molecular weight is 279 g/mol. The van der Waals surface area contributed by atoms with Crippen molar-refractivity contribution in [1.29, 1.82) is 0 Å². The Balaban J connectivity index is 2.32. The molecule has 21 heavy (non-hydrogen) atoms. The summed E-state index contributed by atoms with van der Waals surface area (Å²) < 4.78 is 1.66. The number of aryl methyl sites for hydroxylation is 1. The van der Waals surface area contributed by atoms with E-state index in [1.807, 2.05) is 49.4 Å². The lowest BCUT2D eigenvalue weighted by atomic mass is 10.1. The van der Waals surface area contributed by atoms with E-state index in [1.54, 1.807) is 10.6 Å². The maximum Gasteiger partial charge on any atom is 0.261 e. The zero-order chi connectivity index (χ0) is 14.8. The molecule has 1 heterocycles. The first kappa shape index (κ1) is 13.5. The van der Waals surface area contributed by atoms with Gasteiger partial charge in [-0.15, -0.1) is 0 Å². The molecule has 0 atom stereocenters. The van der Waals surface area contributed by atoms with Crippen LogP contribution in [0.15, 0.2) is 53.3 Å². The Bertz CT molecular complexity index is 835. The fourth-order valence-electron chi connectivity index (χ4n) is 2.43. The van der Waals surface area contributed by atoms with Crippen molar-refractivity contribution in [2.24, 2.45) is 5.73 Å². The van der Waals surface area contributed by atoms with Gasteiger partial charge in [-0.3, -0.25) is 9.36 Å². The normalized spacial score (nSPS) is 11.0. The molecule has 0 fully saturated rings. The van der Waals surface area contributed by atoms with Crippen LogP contribution in [0.3, 0.4) is 0 Å². The molecule has 106 valence electrons. The molecule has 0 aliphatic carbocycles. The van der Waals surface area contributed by atoms with E-state index in [1.165, 1.54) is 5.56 Å². The van der Waals surface area contributed by atoms with E-state index in [-0.39, 0.29) is 5.56 Å². The minimum atomic E-state index is -0.0402. The summed E-state index contributed by atoms with van der Waals surface area (Å²) in [5, 5.41) is 0.627. The van der Waals surface area contributed by atoms with Gasteiger partial charge in [0.1, 0.15) is 5.82 Å². The maximum atomic E-state index is 12.6. The second-order valence-corrected chi connectivity index (χ2v) is 5.06. The molecule has 0 aliphatic rings. The Morgan fingerprint density at radius 3 is 2.52 bits per heavy atom. The molecule has 1 aromatic heterocycles. The van der Waals surface area contributed by atoms with E-state index < -0.39 is 0 Å². The van der Waals surface area contributed by atoms with Crippen molar-refractivity contribution in [1.82, 2.24) is 9.55 Å². The van der Waals surface area contributed by atoms with Gasteiger partial charge < -0.3 is 5.73 Å². The van der Waals surface area contributed by atoms with E-state index in [9.17, 15) is 4.79 Å². The molecule has 3 rings (SSSR count). The Hall–Kier alpha value is -2.46. The number of nitrogens with two attached hydrogens (primary N) is 1. The standard InChI is InChI=1S/C17H17N3O/c1-12-6-8-13(9-7-12)16-19-15-5-3-2-4-14(15)17(21)20(16)11-10-18/h2-9H,10-11,18H2,1H3. The number of hydrogen-bond acceptors (Lipinski definition) is 3. The van der Waals surface area contributed by atoms with E-state index >= 15 is 0 Å². The van der Waals surface area contributed by atoms with Crippen molar-refractivity contribution in [3.63, 3.8) is 0 Å². The summed E-state index contributed by atoms with van der Waals surface area (Å²) in [5.74, 6) is 0.671. The van der Waals surface area contributed by atoms with E-state index in [0.717, 1.165) is 5.56 Å². The molecule has 0 saturated heterocycles. The molecule has 0 unspecified atom stereocenters. The number of fused-ring (bicyclic) bond motifs is 1. The van der Waals surface area contributed by atoms with Crippen LogP contribution in [0.1, 0.15) is 5.56 Å². The molecule has 0 saturated carbocycles. The highest BCUT2D eigenvalue weighted by molar-refractivity contribution is 5.79. The highest BCUT2D eigenvalue weighted by atomic mass is 16.1. The monoisotopic (exact) mass is 279 g/mol. The molecule has 0 radical (unpaired) electrons. The van der Waals surface area contributed by atoms with Crippen LogP contribution in [0.2, 0.25) is 0 Å². The summed E-state index contributed by atoms with van der Waals surface area (Å²) in [4.78, 5) is 17.3. The summed E-state index contributed by atoms with van der Waals surface area (Å²) in [5.41, 5.74) is 8.43. The predicted molar refractivity (Wildman–Crippen MR) is 85.2 cm³/mol. The number of benzene rings is 2. The molecule has 3 aromatic rings. The van der Waals surface area contributed by atoms with Crippen molar-refractivity contribution in [2.45, 2.75) is 13.5 Å². The summed E-state index contributed by atoms with van der Waals surface area (Å²) >= 11 is 0. The van der Waals surface area contributed by atoms with Crippen LogP contribution in [-0.2, 0) is 6.54 Å². The van der Waals surface area contributed by atoms with Crippen LogP contribution in [-0.4, -0.2) is 16.1 Å². The Kier molecular flexibility index (Phi) is 3.54. The highest BCUT2D eigenvalue weighted by Crippen LogP contribution is 2.19. The lowest BCUT2D eigenvalue weighted by Gasteiger charge is -2.13. The molecule has 0 spiro atoms. The van der Waals surface area contributed by atoms with Gasteiger partial charge in [-0.05, 0) is 19.1 Å². The minimum absolute atomic E-state index is 0.0402. The summed E-state index contributed by atoms with van der Waals surface area (Å²) in [6, 6.07) is 15.4. The smallest absolute Gasteiger partial charge is 0.261 e. The fourth-order valence-corrected chi connectivity index (χ4v) is 2.43. The van der Waals surface area contributed by atoms with Crippen LogP contribution < -0.4 is 11.3 Å². The fraction of sp³-hybridized carbons (Fsp3) is 0.176. The number of rotatable bonds is 3. The van der Waals surface area contributed by atoms with Gasteiger partial charge in [0.05, 0.1) is 10.9 Å². The van der Waals surface area contributed by atoms with Gasteiger partial charge >= 0.3 is 0 Å². The molecule has 0 aliphatic heterocycles. The first-order valence-electron chi connectivity index (χ1n) is 6.97. The van der Waals surface area contributed by atoms with Crippen LogP contribution in [0.25, 0.3) is 22.3 Å². The van der Waals surface area contributed by atoms with Gasteiger partial charge in [0, 0.05) is 18.7 Å². The van der Waals surface area contributed by atoms with Gasteiger partial charge in [0.15, 0.2) is 0 Å². The van der Waals surface area contributed by atoms with E-state index in [0.29, 0.717) is 29.8 Å². The molecular formula is C17H17N3O. The highest BCUT2D eigenvalue weighted by Gasteiger charge is 2.11. The number of nitrogens with zero attached hydrogens (tertiary/aromatic N) is 2. The quantitative estimate of drug-likeness (QED) is 0.800. The predicted octanol–water partition coefficient (Wildman–Crippen LogP) is 2.33. The Morgan fingerprint density at radius 2 is 1.81 bits per heavy atom. The van der Waals surface area contributed by atoms with Crippen molar-refractivity contribution in [3.8, 4) is 11.4 Å². The third-order valence-corrected chi connectivity index (χ3v) is 3.52. The van der Waals surface area contributed by atoms with Crippen molar-refractivity contribution in [3.05, 3.63) is 64.4 Å². The lowest BCUT2D eigenvalue weighted by Crippen LogP contribution is -2.26. The van der Waals surface area contributed by atoms with Gasteiger partial charge in [-0.2, -0.15) is 0 Å². The zero-order valence-electron chi connectivity index (χ0n) is 11.9. The molecular weight excluding hydrogens is 262 g/mol. The summed E-state index contributed by atoms with van der Waals surface area (Å²) in [7, 11) is 0. The topological polar surface area (TPSA) is 60.9 Å².